The second kappa shape index (κ2) is 8.80. The molecule has 0 aromatic heterocycles. The van der Waals surface area contributed by atoms with Crippen LogP contribution in [0.4, 0.5) is 5.69 Å². The number of hydrogen-bond acceptors (Lipinski definition) is 2. The van der Waals surface area contributed by atoms with E-state index in [-0.39, 0.29) is 5.91 Å². The summed E-state index contributed by atoms with van der Waals surface area (Å²) < 4.78 is 0. The number of carbonyl (C=O) groups excluding carboxylic acids is 1. The number of nitrogens with one attached hydrogen (secondary N) is 3. The number of thiocarbonyl (C=S) groups is 1. The Hall–Kier alpha value is -1.92. The normalized spacial score (nSPS) is 15.0. The molecule has 0 aliphatic carbocycles. The van der Waals surface area contributed by atoms with Gasteiger partial charge in [0, 0.05) is 12.2 Å². The number of quaternary nitrogens is 1. The molecule has 1 amide bonds. The van der Waals surface area contributed by atoms with Gasteiger partial charge in [0.2, 0.25) is 0 Å². The molecule has 6 heteroatoms. The van der Waals surface area contributed by atoms with E-state index in [1.807, 2.05) is 19.1 Å². The van der Waals surface area contributed by atoms with E-state index in [1.54, 1.807) is 6.08 Å². The Kier molecular flexibility index (Phi) is 6.75. The molecule has 1 aromatic carbocycles. The minimum atomic E-state index is 0.0690. The van der Waals surface area contributed by atoms with E-state index >= 15 is 0 Å². The molecular formula is C18H27N4OS+. The molecule has 0 bridgehead atoms. The largest absolute Gasteiger partial charge is 0.359 e. The van der Waals surface area contributed by atoms with Crippen molar-refractivity contribution in [2.24, 2.45) is 0 Å². The van der Waals surface area contributed by atoms with Gasteiger partial charge in [-0.25, -0.2) is 0 Å². The summed E-state index contributed by atoms with van der Waals surface area (Å²) >= 11 is 5.36. The van der Waals surface area contributed by atoms with Crippen LogP contribution in [0, 0.1) is 13.8 Å². The third kappa shape index (κ3) is 5.04. The summed E-state index contributed by atoms with van der Waals surface area (Å²) in [6, 6.07) is 5.98. The van der Waals surface area contributed by atoms with Crippen LogP contribution in [0.5, 0.6) is 0 Å². The lowest BCUT2D eigenvalue weighted by Crippen LogP contribution is -3.15. The van der Waals surface area contributed by atoms with E-state index in [1.165, 1.54) is 10.5 Å². The fourth-order valence-corrected chi connectivity index (χ4v) is 3.05. The SMILES string of the molecule is C=CCNC(=S)N1CC[NH+](CC(=O)Nc2cccc(C)c2C)CC1. The summed E-state index contributed by atoms with van der Waals surface area (Å²) in [4.78, 5) is 15.8. The smallest absolute Gasteiger partial charge is 0.279 e. The summed E-state index contributed by atoms with van der Waals surface area (Å²) in [5.41, 5.74) is 3.23. The highest BCUT2D eigenvalue weighted by Gasteiger charge is 2.23. The van der Waals surface area contributed by atoms with E-state index in [4.69, 9.17) is 12.2 Å². The van der Waals surface area contributed by atoms with Crippen molar-refractivity contribution in [3.8, 4) is 0 Å². The number of benzene rings is 1. The molecule has 1 aromatic rings. The van der Waals surface area contributed by atoms with Crippen LogP contribution >= 0.6 is 12.2 Å². The van der Waals surface area contributed by atoms with Crippen molar-refractivity contribution in [3.05, 3.63) is 42.0 Å². The lowest BCUT2D eigenvalue weighted by Gasteiger charge is -2.33. The van der Waals surface area contributed by atoms with Crippen molar-refractivity contribution in [3.63, 3.8) is 0 Å². The maximum atomic E-state index is 12.3. The van der Waals surface area contributed by atoms with Gasteiger partial charge in [0.15, 0.2) is 11.7 Å². The van der Waals surface area contributed by atoms with Gasteiger partial charge in [0.25, 0.3) is 5.91 Å². The molecule has 1 fully saturated rings. The molecule has 130 valence electrons. The summed E-state index contributed by atoms with van der Waals surface area (Å²) in [6.45, 7) is 12.5. The first kappa shape index (κ1) is 18.4. The molecule has 3 N–H and O–H groups in total. The van der Waals surface area contributed by atoms with Crippen molar-refractivity contribution < 1.29 is 9.69 Å². The molecule has 0 spiro atoms. The predicted octanol–water partition coefficient (Wildman–Crippen LogP) is 0.503. The topological polar surface area (TPSA) is 48.8 Å². The van der Waals surface area contributed by atoms with Gasteiger partial charge in [0.1, 0.15) is 0 Å². The number of rotatable bonds is 5. The number of aryl methyl sites for hydroxylation is 1. The van der Waals surface area contributed by atoms with Crippen molar-refractivity contribution in [1.82, 2.24) is 10.2 Å². The van der Waals surface area contributed by atoms with Crippen LogP contribution in [-0.4, -0.2) is 55.2 Å². The molecule has 24 heavy (non-hydrogen) atoms. The van der Waals surface area contributed by atoms with Crippen LogP contribution in [0.25, 0.3) is 0 Å². The molecule has 0 saturated carbocycles. The van der Waals surface area contributed by atoms with Crippen LogP contribution in [0.15, 0.2) is 30.9 Å². The summed E-state index contributed by atoms with van der Waals surface area (Å²) in [6.07, 6.45) is 1.80. The van der Waals surface area contributed by atoms with Gasteiger partial charge in [-0.2, -0.15) is 0 Å². The van der Waals surface area contributed by atoms with Gasteiger partial charge in [0.05, 0.1) is 26.2 Å². The third-order valence-electron chi connectivity index (χ3n) is 4.44. The van der Waals surface area contributed by atoms with Crippen molar-refractivity contribution in [2.75, 3.05) is 44.6 Å². The van der Waals surface area contributed by atoms with Crippen LogP contribution in [0.1, 0.15) is 11.1 Å². The second-order valence-electron chi connectivity index (χ2n) is 6.18. The van der Waals surface area contributed by atoms with Gasteiger partial charge in [-0.15, -0.1) is 6.58 Å². The number of hydrogen-bond donors (Lipinski definition) is 3. The molecule has 5 nitrogen and oxygen atoms in total. The predicted molar refractivity (Wildman–Crippen MR) is 102 cm³/mol. The number of carbonyl (C=O) groups is 1. The summed E-state index contributed by atoms with van der Waals surface area (Å²) in [5, 5.41) is 6.96. The number of anilines is 1. The Bertz CT molecular complexity index is 609. The van der Waals surface area contributed by atoms with E-state index < -0.39 is 0 Å². The zero-order valence-corrected chi connectivity index (χ0v) is 15.3. The molecule has 1 saturated heterocycles. The first-order valence-electron chi connectivity index (χ1n) is 8.34. The van der Waals surface area contributed by atoms with Crippen molar-refractivity contribution >= 4 is 28.9 Å². The molecule has 0 unspecified atom stereocenters. The highest BCUT2D eigenvalue weighted by atomic mass is 32.1. The fraction of sp³-hybridized carbons (Fsp3) is 0.444. The van der Waals surface area contributed by atoms with Crippen LogP contribution in [0.3, 0.4) is 0 Å². The standard InChI is InChI=1S/C18H26N4OS/c1-4-8-19-18(24)22-11-9-21(10-12-22)13-17(23)20-16-7-5-6-14(2)15(16)3/h4-7H,1,8-13H2,2-3H3,(H,19,24)(H,20,23)/p+1. The molecule has 2 rings (SSSR count). The highest BCUT2D eigenvalue weighted by Crippen LogP contribution is 2.17. The Morgan fingerprint density at radius 1 is 1.38 bits per heavy atom. The first-order valence-corrected chi connectivity index (χ1v) is 8.75. The zero-order chi connectivity index (χ0) is 17.5. The van der Waals surface area contributed by atoms with Crippen molar-refractivity contribution in [2.45, 2.75) is 13.8 Å². The van der Waals surface area contributed by atoms with Gasteiger partial charge >= 0.3 is 0 Å². The van der Waals surface area contributed by atoms with E-state index in [9.17, 15) is 4.79 Å². The van der Waals surface area contributed by atoms with Gasteiger partial charge in [-0.1, -0.05) is 18.2 Å². The maximum Gasteiger partial charge on any atom is 0.279 e. The summed E-state index contributed by atoms with van der Waals surface area (Å²) in [7, 11) is 0. The molecule has 1 aliphatic rings. The van der Waals surface area contributed by atoms with E-state index in [2.05, 4.69) is 35.1 Å². The average Bonchev–Trinajstić information content (AvgIpc) is 2.57. The van der Waals surface area contributed by atoms with Gasteiger partial charge in [-0.3, -0.25) is 4.79 Å². The Morgan fingerprint density at radius 2 is 2.08 bits per heavy atom. The zero-order valence-electron chi connectivity index (χ0n) is 14.5. The third-order valence-corrected chi connectivity index (χ3v) is 4.85. The Morgan fingerprint density at radius 3 is 2.75 bits per heavy atom. The van der Waals surface area contributed by atoms with Crippen LogP contribution < -0.4 is 15.5 Å². The quantitative estimate of drug-likeness (QED) is 0.536. The number of piperazine rings is 1. The number of amides is 1. The van der Waals surface area contributed by atoms with Gasteiger partial charge in [-0.05, 0) is 43.3 Å². The minimum absolute atomic E-state index is 0.0690. The number of nitrogens with zero attached hydrogens (tertiary/aromatic N) is 1. The molecule has 0 radical (unpaired) electrons. The van der Waals surface area contributed by atoms with E-state index in [0.29, 0.717) is 13.1 Å². The maximum absolute atomic E-state index is 12.3. The van der Waals surface area contributed by atoms with Crippen molar-refractivity contribution in [1.29, 1.82) is 0 Å². The minimum Gasteiger partial charge on any atom is -0.359 e. The lowest BCUT2D eigenvalue weighted by atomic mass is 10.1. The Labute approximate surface area is 149 Å². The van der Waals surface area contributed by atoms with Gasteiger partial charge < -0.3 is 20.4 Å². The lowest BCUT2D eigenvalue weighted by molar-refractivity contribution is -0.895. The van der Waals surface area contributed by atoms with Crippen LogP contribution in [0.2, 0.25) is 0 Å². The molecule has 1 aliphatic heterocycles. The molecular weight excluding hydrogens is 320 g/mol. The van der Waals surface area contributed by atoms with E-state index in [0.717, 1.165) is 42.5 Å². The fourth-order valence-electron chi connectivity index (χ4n) is 2.78. The van der Waals surface area contributed by atoms with Crippen LogP contribution in [-0.2, 0) is 4.79 Å². The first-order chi connectivity index (χ1) is 11.5. The summed E-state index contributed by atoms with van der Waals surface area (Å²) in [5.74, 6) is 0.0690. The monoisotopic (exact) mass is 347 g/mol. The molecule has 0 atom stereocenters. The average molecular weight is 348 g/mol. The second-order valence-corrected chi connectivity index (χ2v) is 6.57. The Balaban J connectivity index is 1.79. The highest BCUT2D eigenvalue weighted by molar-refractivity contribution is 7.80. The molecule has 1 heterocycles.